The number of benzene rings is 1. The van der Waals surface area contributed by atoms with Crippen molar-refractivity contribution in [3.8, 4) is 11.5 Å². The van der Waals surface area contributed by atoms with Crippen LogP contribution in [0.25, 0.3) is 0 Å². The molecule has 136 valence electrons. The van der Waals surface area contributed by atoms with Crippen LogP contribution in [0.3, 0.4) is 0 Å². The molecule has 1 aliphatic heterocycles. The summed E-state index contributed by atoms with van der Waals surface area (Å²) in [5, 5.41) is 0. The Bertz CT molecular complexity index is 616. The van der Waals surface area contributed by atoms with Crippen molar-refractivity contribution in [3.05, 3.63) is 24.3 Å². The summed E-state index contributed by atoms with van der Waals surface area (Å²) in [6.45, 7) is 0.121. The van der Waals surface area contributed by atoms with Gasteiger partial charge in [0.25, 0.3) is 5.91 Å². The lowest BCUT2D eigenvalue weighted by molar-refractivity contribution is -0.154. The number of piperidine rings is 1. The predicted molar refractivity (Wildman–Crippen MR) is 87.9 cm³/mol. The molecule has 1 aromatic rings. The molecule has 0 aromatic heterocycles. The van der Waals surface area contributed by atoms with E-state index in [-0.39, 0.29) is 31.6 Å². The Kier molecular flexibility index (Phi) is 6.62. The summed E-state index contributed by atoms with van der Waals surface area (Å²) in [5.41, 5.74) is 5.28. The van der Waals surface area contributed by atoms with Crippen molar-refractivity contribution >= 4 is 17.8 Å². The van der Waals surface area contributed by atoms with Gasteiger partial charge < -0.3 is 24.8 Å². The maximum Gasteiger partial charge on any atom is 0.344 e. The fraction of sp³-hybridized carbons (Fsp3) is 0.471. The van der Waals surface area contributed by atoms with Crippen LogP contribution in [0.15, 0.2) is 24.3 Å². The van der Waals surface area contributed by atoms with Gasteiger partial charge in [-0.25, -0.2) is 4.79 Å². The molecule has 25 heavy (non-hydrogen) atoms. The first-order valence-corrected chi connectivity index (χ1v) is 7.99. The molecule has 1 atom stereocenters. The van der Waals surface area contributed by atoms with Crippen LogP contribution < -0.4 is 15.2 Å². The van der Waals surface area contributed by atoms with Crippen molar-refractivity contribution in [2.24, 2.45) is 11.7 Å². The quantitative estimate of drug-likeness (QED) is 0.711. The highest BCUT2D eigenvalue weighted by Gasteiger charge is 2.27. The zero-order valence-corrected chi connectivity index (χ0v) is 14.1. The van der Waals surface area contributed by atoms with E-state index in [9.17, 15) is 14.4 Å². The molecule has 2 N–H and O–H groups in total. The first kappa shape index (κ1) is 18.6. The van der Waals surface area contributed by atoms with Crippen molar-refractivity contribution in [1.29, 1.82) is 0 Å². The number of nitrogens with two attached hydrogens (primary N) is 1. The van der Waals surface area contributed by atoms with Crippen molar-refractivity contribution in [2.75, 3.05) is 33.4 Å². The third kappa shape index (κ3) is 5.66. The van der Waals surface area contributed by atoms with E-state index < -0.39 is 11.9 Å². The zero-order chi connectivity index (χ0) is 18.2. The van der Waals surface area contributed by atoms with Gasteiger partial charge in [-0.05, 0) is 37.1 Å². The number of rotatable bonds is 7. The minimum absolute atomic E-state index is 0.272. The average Bonchev–Trinajstić information content (AvgIpc) is 2.64. The summed E-state index contributed by atoms with van der Waals surface area (Å²) in [4.78, 5) is 36.5. The summed E-state index contributed by atoms with van der Waals surface area (Å²) < 4.78 is 15.2. The van der Waals surface area contributed by atoms with Gasteiger partial charge in [0.05, 0.1) is 13.0 Å². The number of amides is 2. The molecule has 0 saturated carbocycles. The number of carbonyl (C=O) groups excluding carboxylic acids is 3. The minimum atomic E-state index is -0.646. The van der Waals surface area contributed by atoms with Crippen molar-refractivity contribution in [2.45, 2.75) is 12.8 Å². The highest BCUT2D eigenvalue weighted by Crippen LogP contribution is 2.17. The maximum atomic E-state index is 12.1. The van der Waals surface area contributed by atoms with Crippen molar-refractivity contribution in [1.82, 2.24) is 4.90 Å². The molecule has 8 nitrogen and oxygen atoms in total. The van der Waals surface area contributed by atoms with Gasteiger partial charge in [0, 0.05) is 13.1 Å². The summed E-state index contributed by atoms with van der Waals surface area (Å²) >= 11 is 0. The van der Waals surface area contributed by atoms with Crippen molar-refractivity contribution in [3.63, 3.8) is 0 Å². The topological polar surface area (TPSA) is 108 Å². The van der Waals surface area contributed by atoms with E-state index >= 15 is 0 Å². The predicted octanol–water partition coefficient (Wildman–Crippen LogP) is 0.341. The molecule has 2 amide bonds. The molecule has 0 unspecified atom stereocenters. The Labute approximate surface area is 145 Å². The third-order valence-electron chi connectivity index (χ3n) is 3.95. The molecule has 0 radical (unpaired) electrons. The molecule has 8 heteroatoms. The molecule has 0 spiro atoms. The van der Waals surface area contributed by atoms with E-state index in [1.165, 1.54) is 4.90 Å². The highest BCUT2D eigenvalue weighted by atomic mass is 16.6. The number of nitrogens with zero attached hydrogens (tertiary/aromatic N) is 1. The van der Waals surface area contributed by atoms with E-state index in [4.69, 9.17) is 19.9 Å². The number of likely N-dealkylation sites (tertiary alicyclic amines) is 1. The number of carbonyl (C=O) groups is 3. The van der Waals surface area contributed by atoms with E-state index in [0.29, 0.717) is 30.9 Å². The van der Waals surface area contributed by atoms with Gasteiger partial charge in [-0.15, -0.1) is 0 Å². The molecule has 1 heterocycles. The molecule has 1 aliphatic rings. The molecule has 2 rings (SSSR count). The van der Waals surface area contributed by atoms with Crippen LogP contribution in [0.1, 0.15) is 12.8 Å². The Morgan fingerprint density at radius 2 is 1.84 bits per heavy atom. The first-order valence-electron chi connectivity index (χ1n) is 7.99. The number of ether oxygens (including phenoxy) is 3. The lowest BCUT2D eigenvalue weighted by Crippen LogP contribution is -2.45. The molecular weight excluding hydrogens is 328 g/mol. The monoisotopic (exact) mass is 350 g/mol. The van der Waals surface area contributed by atoms with Gasteiger partial charge >= 0.3 is 5.97 Å². The fourth-order valence-electron chi connectivity index (χ4n) is 2.53. The van der Waals surface area contributed by atoms with Gasteiger partial charge in [0.15, 0.2) is 13.2 Å². The Balaban J connectivity index is 1.71. The van der Waals surface area contributed by atoms with Crippen LogP contribution in [0.4, 0.5) is 0 Å². The molecule has 1 saturated heterocycles. The second-order valence-corrected chi connectivity index (χ2v) is 5.71. The van der Waals surface area contributed by atoms with Gasteiger partial charge in [0.2, 0.25) is 5.91 Å². The Hall–Kier alpha value is -2.77. The number of hydrogen-bond acceptors (Lipinski definition) is 6. The second kappa shape index (κ2) is 8.91. The molecular formula is C17H22N2O6. The zero-order valence-electron chi connectivity index (χ0n) is 14.1. The van der Waals surface area contributed by atoms with Crippen LogP contribution in [0, 0.1) is 5.92 Å². The lowest BCUT2D eigenvalue weighted by atomic mass is 9.97. The van der Waals surface area contributed by atoms with Crippen LogP contribution in [-0.4, -0.2) is 56.1 Å². The maximum absolute atomic E-state index is 12.1. The van der Waals surface area contributed by atoms with E-state index in [1.54, 1.807) is 31.4 Å². The number of hydrogen-bond donors (Lipinski definition) is 1. The van der Waals surface area contributed by atoms with Crippen LogP contribution >= 0.6 is 0 Å². The van der Waals surface area contributed by atoms with Crippen molar-refractivity contribution < 1.29 is 28.6 Å². The normalized spacial score (nSPS) is 16.8. The second-order valence-electron chi connectivity index (χ2n) is 5.71. The molecule has 1 fully saturated rings. The fourth-order valence-corrected chi connectivity index (χ4v) is 2.53. The molecule has 0 bridgehead atoms. The van der Waals surface area contributed by atoms with E-state index in [2.05, 4.69) is 0 Å². The van der Waals surface area contributed by atoms with E-state index in [0.717, 1.165) is 0 Å². The minimum Gasteiger partial charge on any atom is -0.497 e. The summed E-state index contributed by atoms with van der Waals surface area (Å²) in [6.07, 6.45) is 1.38. The first-order chi connectivity index (χ1) is 12.0. The third-order valence-corrected chi connectivity index (χ3v) is 3.95. The largest absolute Gasteiger partial charge is 0.497 e. The summed E-state index contributed by atoms with van der Waals surface area (Å²) in [7, 11) is 1.55. The van der Waals surface area contributed by atoms with Crippen LogP contribution in [0.5, 0.6) is 11.5 Å². The van der Waals surface area contributed by atoms with Gasteiger partial charge in [-0.3, -0.25) is 9.59 Å². The van der Waals surface area contributed by atoms with Gasteiger partial charge in [0.1, 0.15) is 11.5 Å². The van der Waals surface area contributed by atoms with E-state index in [1.807, 2.05) is 0 Å². The lowest BCUT2D eigenvalue weighted by Gasteiger charge is -2.31. The number of primary amides is 1. The van der Waals surface area contributed by atoms with Gasteiger partial charge in [-0.2, -0.15) is 0 Å². The summed E-state index contributed by atoms with van der Waals surface area (Å²) in [6, 6.07) is 6.73. The average molecular weight is 350 g/mol. The Morgan fingerprint density at radius 1 is 1.16 bits per heavy atom. The SMILES string of the molecule is COc1ccc(OCC(=O)OCC(=O)N2CCC[C@@H](C(N)=O)C2)cc1. The van der Waals surface area contributed by atoms with Crippen LogP contribution in [0.2, 0.25) is 0 Å². The molecule has 1 aromatic carbocycles. The highest BCUT2D eigenvalue weighted by molar-refractivity contribution is 5.82. The van der Waals surface area contributed by atoms with Gasteiger partial charge in [-0.1, -0.05) is 0 Å². The number of esters is 1. The van der Waals surface area contributed by atoms with Crippen LogP contribution in [-0.2, 0) is 19.1 Å². The molecule has 0 aliphatic carbocycles. The Morgan fingerprint density at radius 3 is 2.48 bits per heavy atom. The smallest absolute Gasteiger partial charge is 0.344 e. The number of methoxy groups -OCH3 is 1. The standard InChI is InChI=1S/C17H22N2O6/c1-23-13-4-6-14(7-5-13)24-11-16(21)25-10-15(20)19-8-2-3-12(9-19)17(18)22/h4-7,12H,2-3,8-11H2,1H3,(H2,18,22)/t12-/m1/s1. The summed E-state index contributed by atoms with van der Waals surface area (Å²) in [5.74, 6) is -0.578.